The molecule has 0 saturated carbocycles. The molecule has 0 aromatic heterocycles. The number of rotatable bonds is 6. The lowest BCUT2D eigenvalue weighted by atomic mass is 9.88. The zero-order valence-electron chi connectivity index (χ0n) is 19.9. The third-order valence-electron chi connectivity index (χ3n) is 9.18. The molecule has 0 aliphatic carbocycles. The molecular formula is C28H40N4O+2. The molecule has 0 spiro atoms. The van der Waals surface area contributed by atoms with E-state index >= 15 is 0 Å². The summed E-state index contributed by atoms with van der Waals surface area (Å²) in [5.41, 5.74) is 2.96. The van der Waals surface area contributed by atoms with Gasteiger partial charge in [-0.25, -0.2) is 9.80 Å². The normalized spacial score (nSPS) is 36.3. The fourth-order valence-electron chi connectivity index (χ4n) is 7.95. The first-order chi connectivity index (χ1) is 16.2. The molecule has 5 atom stereocenters. The van der Waals surface area contributed by atoms with E-state index in [9.17, 15) is 5.11 Å². The van der Waals surface area contributed by atoms with Crippen molar-refractivity contribution in [2.45, 2.75) is 38.3 Å². The second kappa shape index (κ2) is 8.79. The van der Waals surface area contributed by atoms with Gasteiger partial charge in [0.15, 0.2) is 0 Å². The number of benzene rings is 2. The standard InChI is InChI=1S/C28H40N4O/c33-19-12-26-20-30-15-17-31(21-24-8-3-1-4-9-24)16-7-13-29-14-18-32(23-26,28(30)27(29)31)22-25-10-5-2-6-11-25/h1-6,8-11,26-28,33H,7,12-23H2/q+2/t26-,27-,28-,31?,32?/m0/s1. The summed E-state index contributed by atoms with van der Waals surface area (Å²) in [6.45, 7) is 12.4. The van der Waals surface area contributed by atoms with E-state index in [0.717, 1.165) is 26.1 Å². The highest BCUT2D eigenvalue weighted by atomic mass is 16.3. The molecule has 1 N–H and O–H groups in total. The van der Waals surface area contributed by atoms with Crippen molar-refractivity contribution < 1.29 is 14.1 Å². The molecule has 2 unspecified atom stereocenters. The summed E-state index contributed by atoms with van der Waals surface area (Å²) >= 11 is 0. The van der Waals surface area contributed by atoms with Crippen LogP contribution >= 0.6 is 0 Å². The van der Waals surface area contributed by atoms with Crippen LogP contribution < -0.4 is 0 Å². The number of hydrogen-bond donors (Lipinski definition) is 1. The van der Waals surface area contributed by atoms with Crippen LogP contribution in [0.4, 0.5) is 0 Å². The van der Waals surface area contributed by atoms with E-state index in [0.29, 0.717) is 24.9 Å². The van der Waals surface area contributed by atoms with Crippen molar-refractivity contribution >= 4 is 0 Å². The Kier molecular flexibility index (Phi) is 5.79. The van der Waals surface area contributed by atoms with Crippen LogP contribution in [-0.4, -0.2) is 95.2 Å². The van der Waals surface area contributed by atoms with Crippen LogP contribution in [0.3, 0.4) is 0 Å². The average Bonchev–Trinajstić information content (AvgIpc) is 2.84. The van der Waals surface area contributed by atoms with Gasteiger partial charge in [-0.1, -0.05) is 60.7 Å². The van der Waals surface area contributed by atoms with Crippen molar-refractivity contribution in [2.75, 3.05) is 59.0 Å². The lowest BCUT2D eigenvalue weighted by molar-refractivity contribution is -1.07. The number of quaternary nitrogens is 2. The van der Waals surface area contributed by atoms with Gasteiger partial charge in [0, 0.05) is 43.2 Å². The SMILES string of the molecule is OCC[C@H]1CN2CC[N+]3(Cc4ccccc4)CCCN4CC[N+](Cc5ccccc5)(C1)[C@H]2[C@@H]43. The van der Waals surface area contributed by atoms with E-state index in [1.54, 1.807) is 0 Å². The molecule has 0 radical (unpaired) electrons. The summed E-state index contributed by atoms with van der Waals surface area (Å²) in [4.78, 5) is 5.73. The lowest BCUT2D eigenvalue weighted by Gasteiger charge is -2.67. The van der Waals surface area contributed by atoms with E-state index in [2.05, 4.69) is 70.5 Å². The van der Waals surface area contributed by atoms with Gasteiger partial charge in [0.1, 0.15) is 13.1 Å². The van der Waals surface area contributed by atoms with Crippen molar-refractivity contribution in [3.63, 3.8) is 0 Å². The van der Waals surface area contributed by atoms with Crippen LogP contribution in [0.25, 0.3) is 0 Å². The van der Waals surface area contributed by atoms with Gasteiger partial charge in [0.25, 0.3) is 0 Å². The maximum atomic E-state index is 9.81. The average molecular weight is 449 g/mol. The second-order valence-electron chi connectivity index (χ2n) is 11.2. The van der Waals surface area contributed by atoms with Gasteiger partial charge in [0.2, 0.25) is 12.3 Å². The fourth-order valence-corrected chi connectivity index (χ4v) is 7.95. The van der Waals surface area contributed by atoms with Crippen molar-refractivity contribution in [1.82, 2.24) is 9.80 Å². The number of aliphatic hydroxyl groups is 1. The molecule has 5 heteroatoms. The van der Waals surface area contributed by atoms with E-state index in [4.69, 9.17) is 0 Å². The summed E-state index contributed by atoms with van der Waals surface area (Å²) < 4.78 is 2.43. The first kappa shape index (κ1) is 21.8. The van der Waals surface area contributed by atoms with Gasteiger partial charge in [-0.15, -0.1) is 0 Å². The van der Waals surface area contributed by atoms with Crippen LogP contribution in [0.1, 0.15) is 24.0 Å². The minimum Gasteiger partial charge on any atom is -0.396 e. The monoisotopic (exact) mass is 448 g/mol. The fraction of sp³-hybridized carbons (Fsp3) is 0.571. The van der Waals surface area contributed by atoms with Crippen LogP contribution in [0, 0.1) is 5.92 Å². The third-order valence-corrected chi connectivity index (χ3v) is 9.18. The predicted molar refractivity (Wildman–Crippen MR) is 131 cm³/mol. The Hall–Kier alpha value is -1.76. The van der Waals surface area contributed by atoms with Gasteiger partial charge < -0.3 is 5.11 Å². The van der Waals surface area contributed by atoms with Gasteiger partial charge in [-0.05, 0) is 6.42 Å². The Morgan fingerprint density at radius 2 is 1.33 bits per heavy atom. The van der Waals surface area contributed by atoms with E-state index in [-0.39, 0.29) is 0 Å². The maximum Gasteiger partial charge on any atom is 0.214 e. The molecule has 4 heterocycles. The number of nitrogens with zero attached hydrogens (tertiary/aromatic N) is 4. The minimum atomic E-state index is 0.318. The molecule has 4 aliphatic rings. The van der Waals surface area contributed by atoms with Crippen LogP contribution in [-0.2, 0) is 13.1 Å². The first-order valence-corrected chi connectivity index (χ1v) is 13.1. The van der Waals surface area contributed by atoms with Gasteiger partial charge in [-0.3, -0.25) is 8.97 Å². The number of aliphatic hydroxyl groups excluding tert-OH is 1. The van der Waals surface area contributed by atoms with Crippen LogP contribution in [0.2, 0.25) is 0 Å². The van der Waals surface area contributed by atoms with E-state index < -0.39 is 0 Å². The van der Waals surface area contributed by atoms with E-state index in [1.807, 2.05) is 0 Å². The maximum absolute atomic E-state index is 9.81. The molecule has 176 valence electrons. The molecule has 4 aliphatic heterocycles. The summed E-state index contributed by atoms with van der Waals surface area (Å²) in [6, 6.07) is 22.4. The van der Waals surface area contributed by atoms with Gasteiger partial charge >= 0.3 is 0 Å². The van der Waals surface area contributed by atoms with E-state index in [1.165, 1.54) is 72.3 Å². The summed E-state index contributed by atoms with van der Waals surface area (Å²) in [5.74, 6) is 0.597. The first-order valence-electron chi connectivity index (χ1n) is 13.1. The molecule has 4 fully saturated rings. The molecule has 0 bridgehead atoms. The molecule has 33 heavy (non-hydrogen) atoms. The topological polar surface area (TPSA) is 26.7 Å². The zero-order chi connectivity index (χ0) is 22.3. The van der Waals surface area contributed by atoms with Crippen LogP contribution in [0.15, 0.2) is 60.7 Å². The Bertz CT molecular complexity index is 939. The smallest absolute Gasteiger partial charge is 0.214 e. The molecule has 2 aromatic carbocycles. The van der Waals surface area contributed by atoms with Crippen molar-refractivity contribution in [2.24, 2.45) is 5.92 Å². The summed E-state index contributed by atoms with van der Waals surface area (Å²) in [5, 5.41) is 9.81. The second-order valence-corrected chi connectivity index (χ2v) is 11.2. The van der Waals surface area contributed by atoms with Gasteiger partial charge in [0.05, 0.1) is 39.3 Å². The summed E-state index contributed by atoms with van der Waals surface area (Å²) in [7, 11) is 0. The summed E-state index contributed by atoms with van der Waals surface area (Å²) in [6.07, 6.45) is 3.41. The molecule has 6 rings (SSSR count). The molecule has 4 saturated heterocycles. The Morgan fingerprint density at radius 1 is 0.727 bits per heavy atom. The molecule has 0 amide bonds. The third kappa shape index (κ3) is 3.84. The largest absolute Gasteiger partial charge is 0.396 e. The van der Waals surface area contributed by atoms with Crippen molar-refractivity contribution in [3.05, 3.63) is 71.8 Å². The van der Waals surface area contributed by atoms with Crippen molar-refractivity contribution in [3.8, 4) is 0 Å². The highest BCUT2D eigenvalue weighted by molar-refractivity contribution is 5.15. The zero-order valence-corrected chi connectivity index (χ0v) is 19.9. The predicted octanol–water partition coefficient (Wildman–Crippen LogP) is 2.72. The minimum absolute atomic E-state index is 0.318. The Labute approximate surface area is 199 Å². The number of hydrogen-bond acceptors (Lipinski definition) is 3. The highest BCUT2D eigenvalue weighted by Crippen LogP contribution is 2.44. The Balaban J connectivity index is 1.40. The number of piperazine rings is 2. The van der Waals surface area contributed by atoms with Gasteiger partial charge in [-0.2, -0.15) is 0 Å². The molecular weight excluding hydrogens is 408 g/mol. The lowest BCUT2D eigenvalue weighted by Crippen LogP contribution is -2.87. The quantitative estimate of drug-likeness (QED) is 0.689. The molecule has 2 aromatic rings. The van der Waals surface area contributed by atoms with Crippen molar-refractivity contribution in [1.29, 1.82) is 0 Å². The van der Waals surface area contributed by atoms with Crippen LogP contribution in [0.5, 0.6) is 0 Å². The Morgan fingerprint density at radius 3 is 2.03 bits per heavy atom. The molecule has 5 nitrogen and oxygen atoms in total. The highest BCUT2D eigenvalue weighted by Gasteiger charge is 2.65.